The third-order valence-electron chi connectivity index (χ3n) is 3.75. The molecule has 0 aliphatic carbocycles. The van der Waals surface area contributed by atoms with Crippen LogP contribution in [0.2, 0.25) is 0 Å². The Morgan fingerprint density at radius 3 is 2.86 bits per heavy atom. The van der Waals surface area contributed by atoms with E-state index in [4.69, 9.17) is 5.73 Å². The number of carbonyl (C=O) groups is 1. The van der Waals surface area contributed by atoms with Crippen molar-refractivity contribution in [2.24, 2.45) is 5.73 Å². The number of primary amides is 1. The molecule has 1 amide bonds. The number of likely N-dealkylation sites (N-methyl/N-ethyl adjacent to an activating group) is 1. The Balaban J connectivity index is 2.34. The molecule has 0 aromatic carbocycles. The number of amides is 1. The number of pyridine rings is 1. The van der Waals surface area contributed by atoms with Crippen molar-refractivity contribution >= 4 is 17.4 Å². The predicted molar refractivity (Wildman–Crippen MR) is 78.3 cm³/mol. The molecule has 21 heavy (non-hydrogen) atoms. The number of rotatable bonds is 4. The molecule has 0 spiro atoms. The zero-order valence-electron chi connectivity index (χ0n) is 12.2. The van der Waals surface area contributed by atoms with Crippen LogP contribution in [0.25, 0.3) is 0 Å². The monoisotopic (exact) mass is 293 g/mol. The molecule has 1 saturated heterocycles. The van der Waals surface area contributed by atoms with Gasteiger partial charge in [-0.3, -0.25) is 14.9 Å². The fraction of sp³-hybridized carbons (Fsp3) is 0.538. The first-order valence-electron chi connectivity index (χ1n) is 6.75. The summed E-state index contributed by atoms with van der Waals surface area (Å²) in [5, 5.41) is 10.8. The fourth-order valence-electron chi connectivity index (χ4n) is 2.55. The number of nitrogens with zero attached hydrogens (tertiary/aromatic N) is 4. The molecular formula is C13H19N5O3. The van der Waals surface area contributed by atoms with E-state index >= 15 is 0 Å². The molecule has 1 aromatic rings. The summed E-state index contributed by atoms with van der Waals surface area (Å²) in [6, 6.07) is 1.56. The number of nitrogens with two attached hydrogens (primary N) is 1. The van der Waals surface area contributed by atoms with Gasteiger partial charge >= 0.3 is 0 Å². The van der Waals surface area contributed by atoms with Gasteiger partial charge in [-0.25, -0.2) is 4.98 Å². The fourth-order valence-corrected chi connectivity index (χ4v) is 2.55. The molecule has 1 aliphatic heterocycles. The Morgan fingerprint density at radius 1 is 1.57 bits per heavy atom. The molecule has 0 bridgehead atoms. The van der Waals surface area contributed by atoms with Gasteiger partial charge in [-0.2, -0.15) is 0 Å². The molecular weight excluding hydrogens is 274 g/mol. The number of hydrogen-bond acceptors (Lipinski definition) is 6. The normalized spacial score (nSPS) is 18.8. The molecule has 2 N–H and O–H groups in total. The molecule has 8 nitrogen and oxygen atoms in total. The lowest BCUT2D eigenvalue weighted by atomic mass is 10.0. The Kier molecular flexibility index (Phi) is 4.37. The molecule has 1 unspecified atom stereocenters. The summed E-state index contributed by atoms with van der Waals surface area (Å²) in [7, 11) is 4.01. The van der Waals surface area contributed by atoms with Gasteiger partial charge in [-0.15, -0.1) is 0 Å². The summed E-state index contributed by atoms with van der Waals surface area (Å²) in [6.45, 7) is 1.48. The highest BCUT2D eigenvalue weighted by molar-refractivity contribution is 5.98. The van der Waals surface area contributed by atoms with Gasteiger partial charge in [0.15, 0.2) is 0 Å². The Hall–Kier alpha value is -2.22. The van der Waals surface area contributed by atoms with E-state index in [0.29, 0.717) is 11.9 Å². The minimum Gasteiger partial charge on any atom is -0.365 e. The van der Waals surface area contributed by atoms with Crippen LogP contribution in [0.1, 0.15) is 23.2 Å². The van der Waals surface area contributed by atoms with Crippen LogP contribution in [-0.2, 0) is 0 Å². The van der Waals surface area contributed by atoms with Crippen molar-refractivity contribution in [2.75, 3.05) is 32.1 Å². The van der Waals surface area contributed by atoms with E-state index in [2.05, 4.69) is 9.88 Å². The number of aromatic nitrogens is 1. The van der Waals surface area contributed by atoms with Gasteiger partial charge in [-0.1, -0.05) is 0 Å². The summed E-state index contributed by atoms with van der Waals surface area (Å²) >= 11 is 0. The highest BCUT2D eigenvalue weighted by atomic mass is 16.6. The zero-order valence-corrected chi connectivity index (χ0v) is 12.2. The van der Waals surface area contributed by atoms with Gasteiger partial charge < -0.3 is 15.5 Å². The van der Waals surface area contributed by atoms with Gasteiger partial charge in [0.2, 0.25) is 0 Å². The number of hydrogen-bond donors (Lipinski definition) is 1. The molecule has 2 heterocycles. The van der Waals surface area contributed by atoms with Crippen molar-refractivity contribution in [3.63, 3.8) is 0 Å². The minimum atomic E-state index is -0.701. The maximum absolute atomic E-state index is 11.6. The molecule has 8 heteroatoms. The van der Waals surface area contributed by atoms with E-state index in [-0.39, 0.29) is 11.3 Å². The Bertz CT molecular complexity index is 561. The first-order valence-corrected chi connectivity index (χ1v) is 6.75. The van der Waals surface area contributed by atoms with Gasteiger partial charge in [0, 0.05) is 25.2 Å². The van der Waals surface area contributed by atoms with Gasteiger partial charge in [-0.05, 0) is 26.9 Å². The summed E-state index contributed by atoms with van der Waals surface area (Å²) in [5.41, 5.74) is 5.22. The maximum Gasteiger partial charge on any atom is 0.288 e. The van der Waals surface area contributed by atoms with Crippen molar-refractivity contribution in [3.05, 3.63) is 27.9 Å². The first-order chi connectivity index (χ1) is 9.90. The maximum atomic E-state index is 11.6. The van der Waals surface area contributed by atoms with E-state index in [9.17, 15) is 14.9 Å². The van der Waals surface area contributed by atoms with E-state index in [1.165, 1.54) is 12.3 Å². The second-order valence-electron chi connectivity index (χ2n) is 5.39. The number of nitro groups is 1. The first kappa shape index (κ1) is 15.2. The van der Waals surface area contributed by atoms with Crippen molar-refractivity contribution in [3.8, 4) is 0 Å². The van der Waals surface area contributed by atoms with Crippen LogP contribution < -0.4 is 10.6 Å². The van der Waals surface area contributed by atoms with Crippen LogP contribution in [0.4, 0.5) is 11.5 Å². The molecule has 114 valence electrons. The van der Waals surface area contributed by atoms with Crippen LogP contribution in [0.3, 0.4) is 0 Å². The van der Waals surface area contributed by atoms with Crippen LogP contribution in [-0.4, -0.2) is 53.9 Å². The average Bonchev–Trinajstić information content (AvgIpc) is 2.46. The van der Waals surface area contributed by atoms with Crippen molar-refractivity contribution in [1.82, 2.24) is 9.88 Å². The lowest BCUT2D eigenvalue weighted by molar-refractivity contribution is -0.385. The highest BCUT2D eigenvalue weighted by Crippen LogP contribution is 2.25. The molecule has 0 radical (unpaired) electrons. The minimum absolute atomic E-state index is 0.101. The van der Waals surface area contributed by atoms with Crippen molar-refractivity contribution in [1.29, 1.82) is 0 Å². The molecule has 1 atom stereocenters. The smallest absolute Gasteiger partial charge is 0.288 e. The zero-order chi connectivity index (χ0) is 15.6. The van der Waals surface area contributed by atoms with Gasteiger partial charge in [0.05, 0.1) is 10.5 Å². The Labute approximate surface area is 122 Å². The average molecular weight is 293 g/mol. The second kappa shape index (κ2) is 6.04. The molecule has 1 aromatic heterocycles. The lowest BCUT2D eigenvalue weighted by Gasteiger charge is -2.37. The summed E-state index contributed by atoms with van der Waals surface area (Å²) < 4.78 is 0. The third kappa shape index (κ3) is 3.27. The lowest BCUT2D eigenvalue weighted by Crippen LogP contribution is -2.46. The SMILES string of the molecule is CN(C)C1CCCN(c2ncc([N+](=O)[O-])cc2C(N)=O)C1. The number of piperidine rings is 1. The standard InChI is InChI=1S/C13H19N5O3/c1-16(2)9-4-3-5-17(8-9)13-11(12(14)19)6-10(7-15-13)18(20)21/h6-7,9H,3-5,8H2,1-2H3,(H2,14,19). The quantitative estimate of drug-likeness (QED) is 0.644. The molecule has 2 rings (SSSR count). The van der Waals surface area contributed by atoms with E-state index in [1.54, 1.807) is 0 Å². The summed E-state index contributed by atoms with van der Waals surface area (Å²) in [4.78, 5) is 30.0. The highest BCUT2D eigenvalue weighted by Gasteiger charge is 2.26. The second-order valence-corrected chi connectivity index (χ2v) is 5.39. The molecule has 0 saturated carbocycles. The molecule has 1 aliphatic rings. The number of carbonyl (C=O) groups excluding carboxylic acids is 1. The Morgan fingerprint density at radius 2 is 2.29 bits per heavy atom. The third-order valence-corrected chi connectivity index (χ3v) is 3.75. The van der Waals surface area contributed by atoms with Crippen molar-refractivity contribution < 1.29 is 9.72 Å². The van der Waals surface area contributed by atoms with E-state index in [0.717, 1.165) is 25.9 Å². The van der Waals surface area contributed by atoms with Crippen molar-refractivity contribution in [2.45, 2.75) is 18.9 Å². The van der Waals surface area contributed by atoms with Crippen LogP contribution >= 0.6 is 0 Å². The van der Waals surface area contributed by atoms with Crippen LogP contribution in [0.5, 0.6) is 0 Å². The van der Waals surface area contributed by atoms with Crippen LogP contribution in [0, 0.1) is 10.1 Å². The van der Waals surface area contributed by atoms with Crippen LogP contribution in [0.15, 0.2) is 12.3 Å². The van der Waals surface area contributed by atoms with Gasteiger partial charge in [0.1, 0.15) is 12.0 Å². The predicted octanol–water partition coefficient (Wildman–Crippen LogP) is 0.619. The molecule has 1 fully saturated rings. The topological polar surface area (TPSA) is 106 Å². The van der Waals surface area contributed by atoms with Gasteiger partial charge in [0.25, 0.3) is 11.6 Å². The van der Waals surface area contributed by atoms with E-state index in [1.807, 2.05) is 19.0 Å². The van der Waals surface area contributed by atoms with E-state index < -0.39 is 10.8 Å². The summed E-state index contributed by atoms with van der Waals surface area (Å²) in [5.74, 6) is -0.271. The number of anilines is 1. The largest absolute Gasteiger partial charge is 0.365 e. The summed E-state index contributed by atoms with van der Waals surface area (Å²) in [6.07, 6.45) is 3.21.